The molecule has 0 aromatic heterocycles. The Balaban J connectivity index is 1.45. The van der Waals surface area contributed by atoms with Crippen molar-refractivity contribution < 1.29 is 23.8 Å². The van der Waals surface area contributed by atoms with Crippen LogP contribution in [0.15, 0.2) is 47.6 Å². The molecular formula is C18H17N3O5. The Bertz CT molecular complexity index is 833. The number of ether oxygens (including phenoxy) is 3. The van der Waals surface area contributed by atoms with Gasteiger partial charge in [-0.15, -0.1) is 0 Å². The molecule has 0 fully saturated rings. The molecule has 26 heavy (non-hydrogen) atoms. The Morgan fingerprint density at radius 1 is 1.15 bits per heavy atom. The van der Waals surface area contributed by atoms with Crippen LogP contribution in [0.1, 0.15) is 15.9 Å². The number of nitrogens with zero attached hydrogens (tertiary/aromatic N) is 1. The van der Waals surface area contributed by atoms with E-state index in [1.165, 1.54) is 6.21 Å². The molecule has 8 heteroatoms. The van der Waals surface area contributed by atoms with Crippen LogP contribution in [0.5, 0.6) is 17.2 Å². The average Bonchev–Trinajstić information content (AvgIpc) is 3.14. The van der Waals surface area contributed by atoms with E-state index in [4.69, 9.17) is 14.2 Å². The minimum absolute atomic E-state index is 0.191. The van der Waals surface area contributed by atoms with Crippen LogP contribution in [0.4, 0.5) is 0 Å². The normalized spacial score (nSPS) is 12.0. The van der Waals surface area contributed by atoms with Gasteiger partial charge in [-0.25, -0.2) is 5.43 Å². The van der Waals surface area contributed by atoms with E-state index in [0.717, 1.165) is 5.56 Å². The van der Waals surface area contributed by atoms with E-state index >= 15 is 0 Å². The molecule has 134 valence electrons. The molecule has 2 aromatic carbocycles. The highest BCUT2D eigenvalue weighted by Gasteiger charge is 2.12. The van der Waals surface area contributed by atoms with E-state index in [2.05, 4.69) is 15.8 Å². The maximum Gasteiger partial charge on any atom is 0.259 e. The number of benzene rings is 2. The van der Waals surface area contributed by atoms with Gasteiger partial charge in [0, 0.05) is 5.56 Å². The molecule has 0 radical (unpaired) electrons. The molecule has 0 saturated heterocycles. The van der Waals surface area contributed by atoms with E-state index in [-0.39, 0.29) is 19.2 Å². The van der Waals surface area contributed by atoms with Crippen LogP contribution in [-0.2, 0) is 4.79 Å². The maximum atomic E-state index is 12.0. The molecule has 1 heterocycles. The average molecular weight is 355 g/mol. The summed E-state index contributed by atoms with van der Waals surface area (Å²) in [7, 11) is 1.55. The second kappa shape index (κ2) is 8.02. The molecular weight excluding hydrogens is 338 g/mol. The van der Waals surface area contributed by atoms with E-state index in [0.29, 0.717) is 22.8 Å². The van der Waals surface area contributed by atoms with Gasteiger partial charge in [-0.2, -0.15) is 5.10 Å². The Kier molecular flexibility index (Phi) is 5.33. The first-order chi connectivity index (χ1) is 12.7. The van der Waals surface area contributed by atoms with E-state index in [1.54, 1.807) is 49.6 Å². The van der Waals surface area contributed by atoms with Crippen LogP contribution in [0.2, 0.25) is 0 Å². The van der Waals surface area contributed by atoms with Crippen LogP contribution in [-0.4, -0.2) is 38.5 Å². The summed E-state index contributed by atoms with van der Waals surface area (Å²) in [5.74, 6) is 1.16. The number of hydrogen-bond donors (Lipinski definition) is 2. The van der Waals surface area contributed by atoms with Gasteiger partial charge in [0.1, 0.15) is 5.75 Å². The molecule has 0 saturated carbocycles. The standard InChI is InChI=1S/C18H17N3O5/c1-24-14-5-3-13(4-6-14)18(23)19-10-17(22)21-20-9-12-2-7-15-16(8-12)26-11-25-15/h2-9H,10-11H2,1H3,(H,19,23)(H,21,22)/b20-9+. The third-order valence-corrected chi connectivity index (χ3v) is 3.56. The molecule has 2 amide bonds. The quantitative estimate of drug-likeness (QED) is 0.601. The highest BCUT2D eigenvalue weighted by atomic mass is 16.7. The highest BCUT2D eigenvalue weighted by molar-refractivity contribution is 5.96. The van der Waals surface area contributed by atoms with Crippen molar-refractivity contribution in [1.82, 2.24) is 10.7 Å². The van der Waals surface area contributed by atoms with Crippen LogP contribution >= 0.6 is 0 Å². The molecule has 2 N–H and O–H groups in total. The Morgan fingerprint density at radius 2 is 1.92 bits per heavy atom. The minimum Gasteiger partial charge on any atom is -0.497 e. The second-order valence-electron chi connectivity index (χ2n) is 5.32. The van der Waals surface area contributed by atoms with Crippen molar-refractivity contribution in [3.05, 3.63) is 53.6 Å². The van der Waals surface area contributed by atoms with Crippen LogP contribution in [0.3, 0.4) is 0 Å². The van der Waals surface area contributed by atoms with Crippen molar-refractivity contribution in [3.63, 3.8) is 0 Å². The lowest BCUT2D eigenvalue weighted by Gasteiger charge is -2.05. The summed E-state index contributed by atoms with van der Waals surface area (Å²) < 4.78 is 15.5. The monoisotopic (exact) mass is 355 g/mol. The largest absolute Gasteiger partial charge is 0.497 e. The van der Waals surface area contributed by atoms with Gasteiger partial charge in [-0.1, -0.05) is 0 Å². The molecule has 0 spiro atoms. The maximum absolute atomic E-state index is 12.0. The van der Waals surface area contributed by atoms with Crippen molar-refractivity contribution in [2.24, 2.45) is 5.10 Å². The number of carbonyl (C=O) groups excluding carboxylic acids is 2. The third kappa shape index (κ3) is 4.29. The second-order valence-corrected chi connectivity index (χ2v) is 5.32. The zero-order chi connectivity index (χ0) is 18.4. The van der Waals surface area contributed by atoms with Crippen LogP contribution in [0, 0.1) is 0 Å². The molecule has 8 nitrogen and oxygen atoms in total. The van der Waals surface area contributed by atoms with Crippen LogP contribution < -0.4 is 25.0 Å². The number of rotatable bonds is 6. The summed E-state index contributed by atoms with van der Waals surface area (Å²) in [6.45, 7) is 0.00387. The van der Waals surface area contributed by atoms with Gasteiger partial charge in [0.05, 0.1) is 19.9 Å². The van der Waals surface area contributed by atoms with Crippen molar-refractivity contribution in [3.8, 4) is 17.2 Å². The fraction of sp³-hybridized carbons (Fsp3) is 0.167. The van der Waals surface area contributed by atoms with Gasteiger partial charge >= 0.3 is 0 Å². The van der Waals surface area contributed by atoms with Crippen molar-refractivity contribution in [2.75, 3.05) is 20.4 Å². The summed E-state index contributed by atoms with van der Waals surface area (Å²) in [6.07, 6.45) is 1.48. The summed E-state index contributed by atoms with van der Waals surface area (Å²) in [4.78, 5) is 23.7. The predicted molar refractivity (Wildman–Crippen MR) is 93.6 cm³/mol. The first-order valence-electron chi connectivity index (χ1n) is 7.79. The van der Waals surface area contributed by atoms with Crippen molar-refractivity contribution in [2.45, 2.75) is 0 Å². The number of hydrazone groups is 1. The Hall–Kier alpha value is -3.55. The van der Waals surface area contributed by atoms with Gasteiger partial charge < -0.3 is 19.5 Å². The molecule has 0 aliphatic carbocycles. The molecule has 0 unspecified atom stereocenters. The van der Waals surface area contributed by atoms with Gasteiger partial charge in [-0.3, -0.25) is 9.59 Å². The molecule has 0 bridgehead atoms. The van der Waals surface area contributed by atoms with Gasteiger partial charge in [0.15, 0.2) is 11.5 Å². The number of nitrogens with one attached hydrogen (secondary N) is 2. The fourth-order valence-electron chi connectivity index (χ4n) is 2.22. The molecule has 3 rings (SSSR count). The first kappa shape index (κ1) is 17.3. The number of carbonyl (C=O) groups is 2. The first-order valence-corrected chi connectivity index (χ1v) is 7.79. The number of hydrogen-bond acceptors (Lipinski definition) is 6. The molecule has 1 aliphatic heterocycles. The SMILES string of the molecule is COc1ccc(C(=O)NCC(=O)N/N=C/c2ccc3c(c2)OCO3)cc1. The number of amides is 2. The van der Waals surface area contributed by atoms with Gasteiger partial charge in [0.2, 0.25) is 6.79 Å². The van der Waals surface area contributed by atoms with E-state index in [1.807, 2.05) is 0 Å². The number of fused-ring (bicyclic) bond motifs is 1. The zero-order valence-electron chi connectivity index (χ0n) is 14.0. The Labute approximate surface area is 149 Å². The van der Waals surface area contributed by atoms with Crippen molar-refractivity contribution in [1.29, 1.82) is 0 Å². The van der Waals surface area contributed by atoms with Crippen molar-refractivity contribution >= 4 is 18.0 Å². The molecule has 2 aromatic rings. The molecule has 0 atom stereocenters. The van der Waals surface area contributed by atoms with Gasteiger partial charge in [-0.05, 0) is 48.0 Å². The number of methoxy groups -OCH3 is 1. The Morgan fingerprint density at radius 3 is 2.69 bits per heavy atom. The summed E-state index contributed by atoms with van der Waals surface area (Å²) in [5.41, 5.74) is 3.53. The lowest BCUT2D eigenvalue weighted by Crippen LogP contribution is -2.34. The summed E-state index contributed by atoms with van der Waals surface area (Å²) >= 11 is 0. The fourth-order valence-corrected chi connectivity index (χ4v) is 2.22. The van der Waals surface area contributed by atoms with E-state index < -0.39 is 5.91 Å². The topological polar surface area (TPSA) is 98.2 Å². The third-order valence-electron chi connectivity index (χ3n) is 3.56. The minimum atomic E-state index is -0.441. The lowest BCUT2D eigenvalue weighted by atomic mass is 10.2. The highest BCUT2D eigenvalue weighted by Crippen LogP contribution is 2.31. The lowest BCUT2D eigenvalue weighted by molar-refractivity contribution is -0.120. The van der Waals surface area contributed by atoms with E-state index in [9.17, 15) is 9.59 Å². The van der Waals surface area contributed by atoms with Gasteiger partial charge in [0.25, 0.3) is 11.8 Å². The molecule has 1 aliphatic rings. The summed E-state index contributed by atoms with van der Waals surface area (Å²) in [6, 6.07) is 11.9. The zero-order valence-corrected chi connectivity index (χ0v) is 14.0. The van der Waals surface area contributed by atoms with Crippen LogP contribution in [0.25, 0.3) is 0 Å². The smallest absolute Gasteiger partial charge is 0.259 e. The summed E-state index contributed by atoms with van der Waals surface area (Å²) in [5, 5.41) is 6.37. The predicted octanol–water partition coefficient (Wildman–Crippen LogP) is 1.30.